The van der Waals surface area contributed by atoms with Gasteiger partial charge in [0.15, 0.2) is 0 Å². The van der Waals surface area contributed by atoms with Crippen LogP contribution in [0, 0.1) is 5.92 Å². The highest BCUT2D eigenvalue weighted by Crippen LogP contribution is 2.24. The van der Waals surface area contributed by atoms with Gasteiger partial charge in [-0.3, -0.25) is 0 Å². The maximum atomic E-state index is 5.67. The Bertz CT molecular complexity index is 365. The Morgan fingerprint density at radius 3 is 2.69 bits per heavy atom. The van der Waals surface area contributed by atoms with Crippen LogP contribution in [0.5, 0.6) is 0 Å². The van der Waals surface area contributed by atoms with E-state index in [0.29, 0.717) is 17.8 Å². The molecule has 0 bridgehead atoms. The minimum absolute atomic E-state index is 0.533. The average Bonchev–Trinajstić information content (AvgIpc) is 2.60. The molecule has 2 atom stereocenters. The molecular formula is C11H19N5. The Morgan fingerprint density at radius 1 is 1.38 bits per heavy atom. The molecule has 0 aromatic carbocycles. The molecule has 16 heavy (non-hydrogen) atoms. The summed E-state index contributed by atoms with van der Waals surface area (Å²) in [6, 6.07) is 2.42. The number of nitrogen functional groups attached to an aromatic ring is 1. The molecule has 2 rings (SSSR count). The fraction of sp³-hybridized carbons (Fsp3) is 0.636. The first kappa shape index (κ1) is 11.1. The van der Waals surface area contributed by atoms with E-state index < -0.39 is 0 Å². The summed E-state index contributed by atoms with van der Waals surface area (Å²) in [6.45, 7) is 4.30. The van der Waals surface area contributed by atoms with Crippen molar-refractivity contribution >= 4 is 11.6 Å². The molecule has 0 aliphatic carbocycles. The van der Waals surface area contributed by atoms with Crippen LogP contribution in [0.25, 0.3) is 0 Å². The van der Waals surface area contributed by atoms with Crippen molar-refractivity contribution in [2.75, 3.05) is 37.8 Å². The van der Waals surface area contributed by atoms with Crippen molar-refractivity contribution in [3.05, 3.63) is 12.4 Å². The molecule has 2 unspecified atom stereocenters. The number of rotatable bonds is 2. The van der Waals surface area contributed by atoms with Gasteiger partial charge in [-0.2, -0.15) is 0 Å². The molecular weight excluding hydrogens is 202 g/mol. The fourth-order valence-corrected chi connectivity index (χ4v) is 2.34. The molecule has 5 nitrogen and oxygen atoms in total. The monoisotopic (exact) mass is 221 g/mol. The van der Waals surface area contributed by atoms with Crippen molar-refractivity contribution in [2.24, 2.45) is 5.92 Å². The van der Waals surface area contributed by atoms with Crippen molar-refractivity contribution in [1.29, 1.82) is 0 Å². The average molecular weight is 221 g/mol. The smallest absolute Gasteiger partial charge is 0.134 e. The summed E-state index contributed by atoms with van der Waals surface area (Å²) < 4.78 is 0. The Morgan fingerprint density at radius 2 is 2.12 bits per heavy atom. The summed E-state index contributed by atoms with van der Waals surface area (Å²) in [6.07, 6.45) is 1.53. The van der Waals surface area contributed by atoms with Gasteiger partial charge < -0.3 is 15.5 Å². The second kappa shape index (κ2) is 4.25. The van der Waals surface area contributed by atoms with E-state index in [-0.39, 0.29) is 0 Å². The SMILES string of the molecule is CC1CN(c2cc(N)ncn2)CC1N(C)C. The molecule has 1 aliphatic rings. The maximum Gasteiger partial charge on any atom is 0.134 e. The molecule has 0 spiro atoms. The van der Waals surface area contributed by atoms with E-state index in [9.17, 15) is 0 Å². The van der Waals surface area contributed by atoms with Crippen LogP contribution in [0.1, 0.15) is 6.92 Å². The summed E-state index contributed by atoms with van der Waals surface area (Å²) >= 11 is 0. The van der Waals surface area contributed by atoms with Crippen LogP contribution < -0.4 is 10.6 Å². The third-order valence-corrected chi connectivity index (χ3v) is 3.23. The van der Waals surface area contributed by atoms with Gasteiger partial charge in [0, 0.05) is 25.2 Å². The predicted octanol–water partition coefficient (Wildman–Crippen LogP) is 0.445. The molecule has 0 amide bonds. The summed E-state index contributed by atoms with van der Waals surface area (Å²) in [5.74, 6) is 2.11. The second-order valence-electron chi connectivity index (χ2n) is 4.71. The molecule has 5 heteroatoms. The molecule has 1 aliphatic heterocycles. The molecule has 1 saturated heterocycles. The van der Waals surface area contributed by atoms with E-state index in [1.165, 1.54) is 6.33 Å². The Hall–Kier alpha value is -1.36. The lowest BCUT2D eigenvalue weighted by Gasteiger charge is -2.22. The van der Waals surface area contributed by atoms with Crippen molar-refractivity contribution in [3.8, 4) is 0 Å². The first-order chi connectivity index (χ1) is 7.58. The van der Waals surface area contributed by atoms with Crippen molar-refractivity contribution in [1.82, 2.24) is 14.9 Å². The Kier molecular flexibility index (Phi) is 2.96. The van der Waals surface area contributed by atoms with E-state index in [1.807, 2.05) is 6.07 Å². The summed E-state index contributed by atoms with van der Waals surface area (Å²) in [7, 11) is 4.25. The van der Waals surface area contributed by atoms with Crippen molar-refractivity contribution < 1.29 is 0 Å². The van der Waals surface area contributed by atoms with E-state index >= 15 is 0 Å². The predicted molar refractivity (Wildman–Crippen MR) is 65.3 cm³/mol. The number of anilines is 2. The normalized spacial score (nSPS) is 25.4. The van der Waals surface area contributed by atoms with Gasteiger partial charge in [-0.1, -0.05) is 6.92 Å². The van der Waals surface area contributed by atoms with Gasteiger partial charge >= 0.3 is 0 Å². The molecule has 1 aromatic heterocycles. The summed E-state index contributed by atoms with van der Waals surface area (Å²) in [4.78, 5) is 12.7. The van der Waals surface area contributed by atoms with E-state index in [0.717, 1.165) is 18.9 Å². The quantitative estimate of drug-likeness (QED) is 0.785. The van der Waals surface area contributed by atoms with Crippen molar-refractivity contribution in [3.63, 3.8) is 0 Å². The van der Waals surface area contributed by atoms with Crippen LogP contribution in [-0.4, -0.2) is 48.1 Å². The molecule has 88 valence electrons. The fourth-order valence-electron chi connectivity index (χ4n) is 2.34. The number of nitrogens with zero attached hydrogens (tertiary/aromatic N) is 4. The minimum Gasteiger partial charge on any atom is -0.384 e. The molecule has 2 N–H and O–H groups in total. The zero-order valence-corrected chi connectivity index (χ0v) is 10.1. The molecule has 0 radical (unpaired) electrons. The van der Waals surface area contributed by atoms with Gasteiger partial charge in [0.1, 0.15) is 18.0 Å². The number of likely N-dealkylation sites (N-methyl/N-ethyl adjacent to an activating group) is 1. The topological polar surface area (TPSA) is 58.3 Å². The van der Waals surface area contributed by atoms with Gasteiger partial charge in [0.2, 0.25) is 0 Å². The minimum atomic E-state index is 0.533. The lowest BCUT2D eigenvalue weighted by Crippen LogP contribution is -2.34. The van der Waals surface area contributed by atoms with E-state index in [4.69, 9.17) is 5.73 Å². The van der Waals surface area contributed by atoms with Crippen LogP contribution >= 0.6 is 0 Å². The molecule has 1 aromatic rings. The van der Waals surface area contributed by atoms with Crippen LogP contribution in [0.4, 0.5) is 11.6 Å². The van der Waals surface area contributed by atoms with Gasteiger partial charge in [-0.15, -0.1) is 0 Å². The van der Waals surface area contributed by atoms with Gasteiger partial charge in [0.05, 0.1) is 0 Å². The summed E-state index contributed by atoms with van der Waals surface area (Å²) in [5, 5.41) is 0. The Labute approximate surface area is 96.3 Å². The van der Waals surface area contributed by atoms with Crippen LogP contribution in [0.3, 0.4) is 0 Å². The number of hydrogen-bond acceptors (Lipinski definition) is 5. The first-order valence-electron chi connectivity index (χ1n) is 5.57. The molecule has 0 saturated carbocycles. The Balaban J connectivity index is 2.13. The standard InChI is InChI=1S/C11H19N5/c1-8-5-16(6-9(8)15(2)3)11-4-10(12)13-7-14-11/h4,7-9H,5-6H2,1-3H3,(H2,12,13,14). The zero-order chi connectivity index (χ0) is 11.7. The maximum absolute atomic E-state index is 5.67. The zero-order valence-electron chi connectivity index (χ0n) is 10.1. The van der Waals surface area contributed by atoms with Crippen LogP contribution in [-0.2, 0) is 0 Å². The highest BCUT2D eigenvalue weighted by atomic mass is 15.3. The van der Waals surface area contributed by atoms with Crippen LogP contribution in [0.15, 0.2) is 12.4 Å². The lowest BCUT2D eigenvalue weighted by atomic mass is 10.1. The lowest BCUT2D eigenvalue weighted by molar-refractivity contribution is 0.266. The van der Waals surface area contributed by atoms with Gasteiger partial charge in [0.25, 0.3) is 0 Å². The number of nitrogens with two attached hydrogens (primary N) is 1. The number of hydrogen-bond donors (Lipinski definition) is 1. The third-order valence-electron chi connectivity index (χ3n) is 3.23. The molecule has 1 fully saturated rings. The van der Waals surface area contributed by atoms with Gasteiger partial charge in [-0.05, 0) is 20.0 Å². The van der Waals surface area contributed by atoms with E-state index in [1.54, 1.807) is 0 Å². The molecule has 2 heterocycles. The summed E-state index contributed by atoms with van der Waals surface area (Å²) in [5.41, 5.74) is 5.67. The largest absolute Gasteiger partial charge is 0.384 e. The van der Waals surface area contributed by atoms with Gasteiger partial charge in [-0.25, -0.2) is 9.97 Å². The number of aromatic nitrogens is 2. The van der Waals surface area contributed by atoms with Crippen LogP contribution in [0.2, 0.25) is 0 Å². The highest BCUT2D eigenvalue weighted by Gasteiger charge is 2.31. The van der Waals surface area contributed by atoms with Crippen molar-refractivity contribution in [2.45, 2.75) is 13.0 Å². The third kappa shape index (κ3) is 2.09. The first-order valence-corrected chi connectivity index (χ1v) is 5.57. The second-order valence-corrected chi connectivity index (χ2v) is 4.71. The van der Waals surface area contributed by atoms with E-state index in [2.05, 4.69) is 40.8 Å². The highest BCUT2D eigenvalue weighted by molar-refractivity contribution is 5.47.